The van der Waals surface area contributed by atoms with E-state index >= 15 is 0 Å². The Labute approximate surface area is 127 Å². The number of aromatic nitrogens is 1. The van der Waals surface area contributed by atoms with Crippen LogP contribution in [0.15, 0.2) is 39.5 Å². The number of rotatable bonds is 4. The van der Waals surface area contributed by atoms with Crippen molar-refractivity contribution in [2.75, 3.05) is 0 Å². The van der Waals surface area contributed by atoms with E-state index in [0.29, 0.717) is 11.3 Å². The Morgan fingerprint density at radius 2 is 2.00 bits per heavy atom. The van der Waals surface area contributed by atoms with Crippen molar-refractivity contribution in [2.45, 2.75) is 33.1 Å². The minimum Gasteiger partial charge on any atom is -0.408 e. The largest absolute Gasteiger partial charge is 0.408 e. The van der Waals surface area contributed by atoms with E-state index in [9.17, 15) is 4.79 Å². The molecule has 0 aliphatic heterocycles. The second-order valence-electron chi connectivity index (χ2n) is 5.10. The molecule has 0 aliphatic rings. The Kier molecular flexibility index (Phi) is 3.88. The van der Waals surface area contributed by atoms with Gasteiger partial charge in [0.2, 0.25) is 0 Å². The van der Waals surface area contributed by atoms with E-state index in [1.165, 1.54) is 0 Å². The lowest BCUT2D eigenvalue weighted by Crippen LogP contribution is -2.04. The van der Waals surface area contributed by atoms with Crippen molar-refractivity contribution < 1.29 is 4.42 Å². The van der Waals surface area contributed by atoms with Crippen LogP contribution in [0.3, 0.4) is 0 Å². The van der Waals surface area contributed by atoms with E-state index in [1.807, 2.05) is 25.1 Å². The number of unbranched alkanes of at least 4 members (excludes halogenated alkanes) is 1. The zero-order chi connectivity index (χ0) is 14.8. The van der Waals surface area contributed by atoms with Crippen LogP contribution in [0.25, 0.3) is 20.7 Å². The van der Waals surface area contributed by atoms with Crippen molar-refractivity contribution in [3.63, 3.8) is 0 Å². The van der Waals surface area contributed by atoms with Crippen LogP contribution in [0.5, 0.6) is 0 Å². The minimum atomic E-state index is -0.262. The molecule has 0 unspecified atom stereocenters. The molecule has 108 valence electrons. The second kappa shape index (κ2) is 5.82. The quantitative estimate of drug-likeness (QED) is 0.709. The van der Waals surface area contributed by atoms with Gasteiger partial charge in [0.05, 0.1) is 0 Å². The number of benzene rings is 1. The van der Waals surface area contributed by atoms with E-state index in [0.717, 1.165) is 40.1 Å². The summed E-state index contributed by atoms with van der Waals surface area (Å²) in [6, 6.07) is 10.1. The molecule has 0 saturated carbocycles. The Morgan fingerprint density at radius 3 is 2.71 bits per heavy atom. The Hall–Kier alpha value is -1.94. The van der Waals surface area contributed by atoms with Crippen LogP contribution in [0.1, 0.15) is 31.2 Å². The van der Waals surface area contributed by atoms with Crippen molar-refractivity contribution in [3.8, 4) is 10.4 Å². The molecule has 0 N–H and O–H groups in total. The third kappa shape index (κ3) is 2.63. The Morgan fingerprint density at radius 1 is 1.24 bits per heavy atom. The maximum atomic E-state index is 12.2. The molecule has 3 rings (SSSR count). The number of thiophene rings is 1. The van der Waals surface area contributed by atoms with Gasteiger partial charge < -0.3 is 4.42 Å². The zero-order valence-electron chi connectivity index (χ0n) is 12.2. The molecule has 0 saturated heterocycles. The fourth-order valence-electron chi connectivity index (χ4n) is 2.41. The fourth-order valence-corrected chi connectivity index (χ4v) is 3.60. The van der Waals surface area contributed by atoms with Gasteiger partial charge in [0.15, 0.2) is 5.89 Å². The lowest BCUT2D eigenvalue weighted by Gasteiger charge is -1.98. The highest BCUT2D eigenvalue weighted by molar-refractivity contribution is 7.22. The van der Waals surface area contributed by atoms with Crippen LogP contribution in [0.2, 0.25) is 0 Å². The van der Waals surface area contributed by atoms with Crippen LogP contribution in [-0.2, 0) is 6.42 Å². The summed E-state index contributed by atoms with van der Waals surface area (Å²) in [7, 11) is 0. The third-order valence-electron chi connectivity index (χ3n) is 3.55. The molecule has 0 spiro atoms. The molecule has 4 heteroatoms. The van der Waals surface area contributed by atoms with E-state index < -0.39 is 0 Å². The van der Waals surface area contributed by atoms with Gasteiger partial charge in [-0.25, -0.2) is 9.78 Å². The van der Waals surface area contributed by atoms with E-state index in [2.05, 4.69) is 24.0 Å². The first kappa shape index (κ1) is 14.0. The maximum Gasteiger partial charge on any atom is 0.348 e. The molecular weight excluding hydrogens is 282 g/mol. The third-order valence-corrected chi connectivity index (χ3v) is 4.78. The van der Waals surface area contributed by atoms with Crippen LogP contribution in [0, 0.1) is 6.92 Å². The molecule has 0 radical (unpaired) electrons. The average Bonchev–Trinajstić information content (AvgIpc) is 2.83. The lowest BCUT2D eigenvalue weighted by atomic mass is 10.1. The highest BCUT2D eigenvalue weighted by Crippen LogP contribution is 2.35. The maximum absolute atomic E-state index is 12.2. The van der Waals surface area contributed by atoms with Crippen LogP contribution < -0.4 is 5.63 Å². The summed E-state index contributed by atoms with van der Waals surface area (Å²) in [5.41, 5.74) is 1.82. The number of fused-ring (bicyclic) bond motifs is 1. The normalized spacial score (nSPS) is 11.1. The number of nitrogens with zero attached hydrogens (tertiary/aromatic N) is 1. The van der Waals surface area contributed by atoms with Gasteiger partial charge in [0, 0.05) is 11.3 Å². The van der Waals surface area contributed by atoms with Gasteiger partial charge in [-0.2, -0.15) is 0 Å². The summed E-state index contributed by atoms with van der Waals surface area (Å²) in [5, 5.41) is 0.624. The standard InChI is InChI=1S/C17H17NO2S/c1-3-4-10-13-18-16-14(17(19)20-13)11(2)15(21-16)12-8-6-5-7-9-12/h5-9H,3-4,10H2,1-2H3. The summed E-state index contributed by atoms with van der Waals surface area (Å²) in [4.78, 5) is 18.6. The van der Waals surface area contributed by atoms with Crippen molar-refractivity contribution in [3.05, 3.63) is 52.2 Å². The lowest BCUT2D eigenvalue weighted by molar-refractivity contribution is 0.438. The van der Waals surface area contributed by atoms with Gasteiger partial charge >= 0.3 is 5.63 Å². The van der Waals surface area contributed by atoms with Crippen LogP contribution in [0.4, 0.5) is 0 Å². The Bertz CT molecular complexity index is 818. The van der Waals surface area contributed by atoms with Gasteiger partial charge in [-0.3, -0.25) is 0 Å². The summed E-state index contributed by atoms with van der Waals surface area (Å²) in [6.45, 7) is 4.07. The van der Waals surface area contributed by atoms with E-state index in [-0.39, 0.29) is 5.63 Å². The van der Waals surface area contributed by atoms with Crippen LogP contribution in [-0.4, -0.2) is 4.98 Å². The van der Waals surface area contributed by atoms with Gasteiger partial charge in [-0.15, -0.1) is 11.3 Å². The first-order chi connectivity index (χ1) is 10.2. The van der Waals surface area contributed by atoms with E-state index in [4.69, 9.17) is 4.42 Å². The number of aryl methyl sites for hydroxylation is 2. The monoisotopic (exact) mass is 299 g/mol. The molecule has 0 aliphatic carbocycles. The van der Waals surface area contributed by atoms with Gasteiger partial charge in [0.1, 0.15) is 10.2 Å². The molecule has 3 aromatic rings. The molecule has 3 nitrogen and oxygen atoms in total. The van der Waals surface area contributed by atoms with Crippen molar-refractivity contribution in [1.29, 1.82) is 0 Å². The summed E-state index contributed by atoms with van der Waals surface area (Å²) in [6.07, 6.45) is 2.76. The SMILES string of the molecule is CCCCc1nc2sc(-c3ccccc3)c(C)c2c(=O)o1. The topological polar surface area (TPSA) is 43.1 Å². The molecule has 0 atom stereocenters. The van der Waals surface area contributed by atoms with E-state index in [1.54, 1.807) is 11.3 Å². The molecule has 21 heavy (non-hydrogen) atoms. The molecule has 1 aromatic carbocycles. The molecule has 0 amide bonds. The molecule has 0 fully saturated rings. The smallest absolute Gasteiger partial charge is 0.348 e. The van der Waals surface area contributed by atoms with Crippen LogP contribution >= 0.6 is 11.3 Å². The van der Waals surface area contributed by atoms with Gasteiger partial charge in [-0.05, 0) is 24.5 Å². The first-order valence-corrected chi connectivity index (χ1v) is 8.01. The highest BCUT2D eigenvalue weighted by Gasteiger charge is 2.16. The number of hydrogen-bond donors (Lipinski definition) is 0. The number of hydrogen-bond acceptors (Lipinski definition) is 4. The predicted molar refractivity (Wildman–Crippen MR) is 86.9 cm³/mol. The van der Waals surface area contributed by atoms with Crippen molar-refractivity contribution in [1.82, 2.24) is 4.98 Å². The highest BCUT2D eigenvalue weighted by atomic mass is 32.1. The Balaban J connectivity index is 2.15. The minimum absolute atomic E-state index is 0.262. The van der Waals surface area contributed by atoms with Crippen molar-refractivity contribution >= 4 is 21.6 Å². The summed E-state index contributed by atoms with van der Waals surface area (Å²) >= 11 is 1.57. The predicted octanol–water partition coefficient (Wildman–Crippen LogP) is 4.57. The summed E-state index contributed by atoms with van der Waals surface area (Å²) < 4.78 is 5.36. The fraction of sp³-hybridized carbons (Fsp3) is 0.294. The van der Waals surface area contributed by atoms with Gasteiger partial charge in [0.25, 0.3) is 0 Å². The van der Waals surface area contributed by atoms with Crippen molar-refractivity contribution in [2.24, 2.45) is 0 Å². The zero-order valence-corrected chi connectivity index (χ0v) is 13.0. The summed E-state index contributed by atoms with van der Waals surface area (Å²) in [5.74, 6) is 0.551. The van der Waals surface area contributed by atoms with Gasteiger partial charge in [-0.1, -0.05) is 43.7 Å². The average molecular weight is 299 g/mol. The molecule has 2 heterocycles. The first-order valence-electron chi connectivity index (χ1n) is 7.19. The molecule has 2 aromatic heterocycles. The molecule has 0 bridgehead atoms. The second-order valence-corrected chi connectivity index (χ2v) is 6.10. The molecular formula is C17H17NO2S.